The fraction of sp³-hybridized carbons (Fsp3) is 0.333. The number of hydrogen-bond acceptors (Lipinski definition) is 4. The van der Waals surface area contributed by atoms with E-state index in [0.717, 1.165) is 10.6 Å². The van der Waals surface area contributed by atoms with Gasteiger partial charge in [0.25, 0.3) is 0 Å². The minimum Gasteiger partial charge on any atom is -0.451 e. The molecule has 0 N–H and O–H groups in total. The van der Waals surface area contributed by atoms with Gasteiger partial charge in [0.1, 0.15) is 6.61 Å². The summed E-state index contributed by atoms with van der Waals surface area (Å²) in [5.41, 5.74) is 2.53. The van der Waals surface area contributed by atoms with Gasteiger partial charge in [-0.2, -0.15) is 0 Å². The Hall–Kier alpha value is -0.900. The Kier molecular flexibility index (Phi) is 2.39. The van der Waals surface area contributed by atoms with E-state index in [1.54, 1.807) is 5.51 Å². The summed E-state index contributed by atoms with van der Waals surface area (Å²) in [4.78, 5) is 14.7. The molecule has 53 valence electrons. The number of ether oxygens (including phenoxy) is 1. The van der Waals surface area contributed by atoms with Crippen LogP contribution >= 0.6 is 11.3 Å². The lowest BCUT2D eigenvalue weighted by Gasteiger charge is -1.92. The SMILES string of the molecule is Cc1scnc1CO[C]=O. The largest absolute Gasteiger partial charge is 0.451 e. The standard InChI is InChI=1S/C6H6NO2S/c1-5-6(2-9-4-8)7-3-10-5/h3H,2H2,1H3. The molecule has 0 unspecified atom stereocenters. The van der Waals surface area contributed by atoms with Gasteiger partial charge in [-0.3, -0.25) is 0 Å². The normalized spacial score (nSPS) is 9.30. The fourth-order valence-electron chi connectivity index (χ4n) is 0.565. The highest BCUT2D eigenvalue weighted by Gasteiger charge is 1.99. The summed E-state index contributed by atoms with van der Waals surface area (Å²) in [6.07, 6.45) is 0. The third-order valence-electron chi connectivity index (χ3n) is 1.11. The molecule has 1 rings (SSSR count). The maximum Gasteiger partial charge on any atom is 0.417 e. The predicted octanol–water partition coefficient (Wildman–Crippen LogP) is 1.04. The molecule has 0 amide bonds. The molecule has 0 atom stereocenters. The molecule has 0 aliphatic rings. The third kappa shape index (κ3) is 1.54. The Morgan fingerprint density at radius 2 is 2.70 bits per heavy atom. The van der Waals surface area contributed by atoms with E-state index in [4.69, 9.17) is 0 Å². The van der Waals surface area contributed by atoms with Gasteiger partial charge in [0.05, 0.1) is 11.2 Å². The molecular formula is C6H6NO2S. The smallest absolute Gasteiger partial charge is 0.417 e. The Morgan fingerprint density at radius 1 is 1.90 bits per heavy atom. The molecule has 10 heavy (non-hydrogen) atoms. The van der Waals surface area contributed by atoms with E-state index in [-0.39, 0.29) is 6.61 Å². The van der Waals surface area contributed by atoms with Crippen LogP contribution in [0.1, 0.15) is 10.6 Å². The average Bonchev–Trinajstić information content (AvgIpc) is 2.31. The number of rotatable bonds is 3. The van der Waals surface area contributed by atoms with Crippen LogP contribution < -0.4 is 0 Å². The van der Waals surface area contributed by atoms with Gasteiger partial charge in [-0.05, 0) is 6.92 Å². The zero-order valence-electron chi connectivity index (χ0n) is 5.46. The highest BCUT2D eigenvalue weighted by Crippen LogP contribution is 2.11. The minimum atomic E-state index is 0.235. The first-order valence-corrected chi connectivity index (χ1v) is 3.60. The molecule has 0 aliphatic carbocycles. The van der Waals surface area contributed by atoms with Crippen molar-refractivity contribution in [2.45, 2.75) is 13.5 Å². The van der Waals surface area contributed by atoms with Crippen LogP contribution in [0, 0.1) is 6.92 Å². The second-order valence-electron chi connectivity index (χ2n) is 1.73. The number of aromatic nitrogens is 1. The van der Waals surface area contributed by atoms with Crippen LogP contribution in [-0.4, -0.2) is 11.5 Å². The minimum absolute atomic E-state index is 0.235. The van der Waals surface area contributed by atoms with Crippen molar-refractivity contribution < 1.29 is 9.53 Å². The summed E-state index contributed by atoms with van der Waals surface area (Å²) in [5.74, 6) is 0. The van der Waals surface area contributed by atoms with Crippen molar-refractivity contribution in [2.24, 2.45) is 0 Å². The van der Waals surface area contributed by atoms with E-state index in [1.807, 2.05) is 6.92 Å². The third-order valence-corrected chi connectivity index (χ3v) is 1.91. The fourth-order valence-corrected chi connectivity index (χ4v) is 1.15. The molecule has 0 aromatic carbocycles. The van der Waals surface area contributed by atoms with E-state index >= 15 is 0 Å². The van der Waals surface area contributed by atoms with Crippen LogP contribution in [-0.2, 0) is 16.1 Å². The monoisotopic (exact) mass is 156 g/mol. The van der Waals surface area contributed by atoms with Crippen molar-refractivity contribution in [3.05, 3.63) is 16.1 Å². The van der Waals surface area contributed by atoms with Crippen molar-refractivity contribution in [1.82, 2.24) is 4.98 Å². The summed E-state index contributed by atoms with van der Waals surface area (Å²) in [6, 6.07) is 0. The van der Waals surface area contributed by atoms with Crippen molar-refractivity contribution >= 4 is 17.8 Å². The van der Waals surface area contributed by atoms with E-state index < -0.39 is 0 Å². The van der Waals surface area contributed by atoms with Gasteiger partial charge in [-0.1, -0.05) is 0 Å². The van der Waals surface area contributed by atoms with Gasteiger partial charge >= 0.3 is 6.47 Å². The molecule has 3 nitrogen and oxygen atoms in total. The van der Waals surface area contributed by atoms with Crippen LogP contribution in [0.5, 0.6) is 0 Å². The van der Waals surface area contributed by atoms with Crippen molar-refractivity contribution in [3.8, 4) is 0 Å². The van der Waals surface area contributed by atoms with Crippen LogP contribution in [0.25, 0.3) is 0 Å². The Bertz CT molecular complexity index is 221. The van der Waals surface area contributed by atoms with E-state index in [0.29, 0.717) is 0 Å². The molecule has 0 saturated carbocycles. The van der Waals surface area contributed by atoms with Gasteiger partial charge in [0, 0.05) is 4.88 Å². The first kappa shape index (κ1) is 7.21. The summed E-state index contributed by atoms with van der Waals surface area (Å²) in [6.45, 7) is 3.51. The van der Waals surface area contributed by atoms with E-state index in [1.165, 1.54) is 17.8 Å². The van der Waals surface area contributed by atoms with E-state index in [9.17, 15) is 4.79 Å². The number of thiazole rings is 1. The summed E-state index contributed by atoms with van der Waals surface area (Å²) in [7, 11) is 0. The van der Waals surface area contributed by atoms with Crippen LogP contribution in [0.3, 0.4) is 0 Å². The lowest BCUT2D eigenvalue weighted by molar-refractivity contribution is 0.263. The first-order chi connectivity index (χ1) is 4.84. The number of aryl methyl sites for hydroxylation is 1. The maximum atomic E-state index is 9.64. The number of hydrogen-bond donors (Lipinski definition) is 0. The van der Waals surface area contributed by atoms with E-state index in [2.05, 4.69) is 9.72 Å². The molecular weight excluding hydrogens is 150 g/mol. The van der Waals surface area contributed by atoms with Crippen LogP contribution in [0.2, 0.25) is 0 Å². The molecule has 1 radical (unpaired) electrons. The zero-order valence-corrected chi connectivity index (χ0v) is 6.27. The highest BCUT2D eigenvalue weighted by atomic mass is 32.1. The van der Waals surface area contributed by atoms with Crippen molar-refractivity contribution in [2.75, 3.05) is 0 Å². The van der Waals surface area contributed by atoms with Crippen molar-refractivity contribution in [1.29, 1.82) is 0 Å². The predicted molar refractivity (Wildman–Crippen MR) is 37.3 cm³/mol. The van der Waals surface area contributed by atoms with Crippen molar-refractivity contribution in [3.63, 3.8) is 0 Å². The average molecular weight is 156 g/mol. The summed E-state index contributed by atoms with van der Waals surface area (Å²) in [5, 5.41) is 0. The highest BCUT2D eigenvalue weighted by molar-refractivity contribution is 7.09. The van der Waals surface area contributed by atoms with Crippen LogP contribution in [0.4, 0.5) is 0 Å². The molecule has 1 aromatic rings. The van der Waals surface area contributed by atoms with Crippen LogP contribution in [0.15, 0.2) is 5.51 Å². The zero-order chi connectivity index (χ0) is 7.40. The molecule has 0 spiro atoms. The Morgan fingerprint density at radius 3 is 3.20 bits per heavy atom. The van der Waals surface area contributed by atoms with Gasteiger partial charge in [-0.25, -0.2) is 9.78 Å². The Balaban J connectivity index is 2.56. The number of carbonyl (C=O) groups excluding carboxylic acids is 1. The first-order valence-electron chi connectivity index (χ1n) is 2.72. The molecule has 0 aliphatic heterocycles. The molecule has 0 saturated heterocycles. The molecule has 1 heterocycles. The quantitative estimate of drug-likeness (QED) is 0.656. The Labute approximate surface area is 62.7 Å². The maximum absolute atomic E-state index is 9.64. The molecule has 4 heteroatoms. The lowest BCUT2D eigenvalue weighted by Crippen LogP contribution is -1.91. The summed E-state index contributed by atoms with van der Waals surface area (Å²) >= 11 is 1.53. The molecule has 0 bridgehead atoms. The molecule has 0 fully saturated rings. The molecule has 1 aromatic heterocycles. The topological polar surface area (TPSA) is 39.2 Å². The van der Waals surface area contributed by atoms with Gasteiger partial charge in [0.2, 0.25) is 0 Å². The summed E-state index contributed by atoms with van der Waals surface area (Å²) < 4.78 is 4.40. The van der Waals surface area contributed by atoms with Gasteiger partial charge in [-0.15, -0.1) is 11.3 Å². The number of nitrogens with zero attached hydrogens (tertiary/aromatic N) is 1. The van der Waals surface area contributed by atoms with Gasteiger partial charge in [0.15, 0.2) is 0 Å². The second-order valence-corrected chi connectivity index (χ2v) is 2.79. The van der Waals surface area contributed by atoms with Gasteiger partial charge < -0.3 is 4.74 Å². The second kappa shape index (κ2) is 3.31. The lowest BCUT2D eigenvalue weighted by atomic mass is 10.4.